The van der Waals surface area contributed by atoms with Crippen LogP contribution in [-0.4, -0.2) is 6.79 Å². The average molecular weight is 230 g/mol. The van der Waals surface area contributed by atoms with Crippen LogP contribution in [0.1, 0.15) is 0 Å². The lowest BCUT2D eigenvalue weighted by Crippen LogP contribution is -2.27. The molecular formula is C13H14N2O2+2. The van der Waals surface area contributed by atoms with Gasteiger partial charge in [-0.15, -0.1) is 0 Å². The summed E-state index contributed by atoms with van der Waals surface area (Å²) < 4.78 is 15.1. The van der Waals surface area contributed by atoms with Gasteiger partial charge in [0.2, 0.25) is 19.2 Å². The van der Waals surface area contributed by atoms with Crippen LogP contribution in [0, 0.1) is 0 Å². The zero-order valence-electron chi connectivity index (χ0n) is 9.88. The third kappa shape index (κ3) is 1.71. The molecule has 0 N–H and O–H groups in total. The molecule has 0 saturated heterocycles. The molecule has 4 nitrogen and oxygen atoms in total. The van der Waals surface area contributed by atoms with Crippen LogP contribution in [0.15, 0.2) is 36.9 Å². The highest BCUT2D eigenvalue weighted by molar-refractivity contribution is 5.74. The molecule has 0 spiro atoms. The topological polar surface area (TPSA) is 26.2 Å². The van der Waals surface area contributed by atoms with E-state index in [-0.39, 0.29) is 6.79 Å². The number of aromatic nitrogens is 2. The Labute approximate surface area is 99.7 Å². The summed E-state index contributed by atoms with van der Waals surface area (Å²) in [4.78, 5) is 0. The number of pyridine rings is 2. The number of hydrogen-bond acceptors (Lipinski definition) is 2. The molecule has 0 aromatic carbocycles. The van der Waals surface area contributed by atoms with E-state index in [1.807, 2.05) is 60.1 Å². The van der Waals surface area contributed by atoms with Crippen molar-refractivity contribution in [3.05, 3.63) is 36.9 Å². The molecule has 3 rings (SSSR count). The summed E-state index contributed by atoms with van der Waals surface area (Å²) in [5, 5.41) is 0. The molecule has 1 aliphatic rings. The lowest BCUT2D eigenvalue weighted by atomic mass is 10.1. The zero-order valence-corrected chi connectivity index (χ0v) is 9.88. The van der Waals surface area contributed by atoms with E-state index in [0.29, 0.717) is 0 Å². The largest absolute Gasteiger partial charge is 0.451 e. The minimum atomic E-state index is 0.244. The van der Waals surface area contributed by atoms with Gasteiger partial charge in [0.25, 0.3) is 0 Å². The first-order chi connectivity index (χ1) is 8.24. The van der Waals surface area contributed by atoms with E-state index >= 15 is 0 Å². The Morgan fingerprint density at radius 3 is 1.82 bits per heavy atom. The van der Waals surface area contributed by atoms with Gasteiger partial charge < -0.3 is 9.47 Å². The molecule has 0 amide bonds. The molecule has 0 fully saturated rings. The van der Waals surface area contributed by atoms with Gasteiger partial charge >= 0.3 is 0 Å². The Bertz CT molecular complexity index is 530. The van der Waals surface area contributed by atoms with Gasteiger partial charge in [0, 0.05) is 23.3 Å². The predicted octanol–water partition coefficient (Wildman–Crippen LogP) is 0.731. The Morgan fingerprint density at radius 1 is 0.882 bits per heavy atom. The molecule has 2 aromatic rings. The van der Waals surface area contributed by atoms with E-state index in [1.54, 1.807) is 0 Å². The zero-order chi connectivity index (χ0) is 11.8. The number of fused-ring (bicyclic) bond motifs is 3. The van der Waals surface area contributed by atoms with Gasteiger partial charge in [-0.2, -0.15) is 0 Å². The molecule has 86 valence electrons. The Kier molecular flexibility index (Phi) is 2.21. The Balaban J connectivity index is 2.24. The molecule has 2 aromatic heterocycles. The number of aryl methyl sites for hydroxylation is 2. The van der Waals surface area contributed by atoms with Crippen molar-refractivity contribution < 1.29 is 18.6 Å². The van der Waals surface area contributed by atoms with Crippen molar-refractivity contribution in [2.24, 2.45) is 14.1 Å². The van der Waals surface area contributed by atoms with Crippen LogP contribution in [0.5, 0.6) is 11.5 Å². The van der Waals surface area contributed by atoms with Crippen LogP contribution in [-0.2, 0) is 14.1 Å². The number of hydrogen-bond donors (Lipinski definition) is 0. The maximum Gasteiger partial charge on any atom is 0.231 e. The van der Waals surface area contributed by atoms with Gasteiger partial charge in [-0.3, -0.25) is 0 Å². The molecule has 0 atom stereocenters. The molecule has 0 aliphatic carbocycles. The first-order valence-corrected chi connectivity index (χ1v) is 5.48. The number of ether oxygens (including phenoxy) is 2. The second-order valence-electron chi connectivity index (χ2n) is 4.18. The second kappa shape index (κ2) is 3.73. The van der Waals surface area contributed by atoms with Crippen molar-refractivity contribution in [3.63, 3.8) is 0 Å². The first kappa shape index (κ1) is 10.1. The first-order valence-electron chi connectivity index (χ1n) is 5.48. The molecule has 17 heavy (non-hydrogen) atoms. The lowest BCUT2D eigenvalue weighted by Gasteiger charge is -2.03. The third-order valence-corrected chi connectivity index (χ3v) is 2.84. The second-order valence-corrected chi connectivity index (χ2v) is 4.18. The van der Waals surface area contributed by atoms with Crippen LogP contribution in [0.25, 0.3) is 11.1 Å². The summed E-state index contributed by atoms with van der Waals surface area (Å²) >= 11 is 0. The third-order valence-electron chi connectivity index (χ3n) is 2.84. The highest BCUT2D eigenvalue weighted by Gasteiger charge is 2.20. The Hall–Kier alpha value is -2.10. The minimum absolute atomic E-state index is 0.244. The molecule has 3 heterocycles. The van der Waals surface area contributed by atoms with Crippen molar-refractivity contribution >= 4 is 0 Å². The molecule has 0 radical (unpaired) electrons. The van der Waals surface area contributed by atoms with Crippen molar-refractivity contribution in [3.8, 4) is 22.6 Å². The van der Waals surface area contributed by atoms with Gasteiger partial charge in [-0.1, -0.05) is 0 Å². The molecule has 0 unspecified atom stereocenters. The highest BCUT2D eigenvalue weighted by atomic mass is 16.7. The van der Waals surface area contributed by atoms with Crippen LogP contribution in [0.3, 0.4) is 0 Å². The predicted molar refractivity (Wildman–Crippen MR) is 60.4 cm³/mol. The average Bonchev–Trinajstić information content (AvgIpc) is 2.47. The van der Waals surface area contributed by atoms with Crippen LogP contribution < -0.4 is 18.6 Å². The Morgan fingerprint density at radius 2 is 1.35 bits per heavy atom. The normalized spacial score (nSPS) is 12.8. The van der Waals surface area contributed by atoms with E-state index in [4.69, 9.17) is 9.47 Å². The van der Waals surface area contributed by atoms with Crippen molar-refractivity contribution in [2.45, 2.75) is 0 Å². The molecular weight excluding hydrogens is 216 g/mol. The summed E-state index contributed by atoms with van der Waals surface area (Å²) in [6.07, 6.45) is 7.93. The van der Waals surface area contributed by atoms with E-state index in [1.165, 1.54) is 0 Å². The van der Waals surface area contributed by atoms with Gasteiger partial charge in [0.15, 0.2) is 23.9 Å². The fourth-order valence-electron chi connectivity index (χ4n) is 1.98. The van der Waals surface area contributed by atoms with Gasteiger partial charge in [0.1, 0.15) is 14.1 Å². The standard InChI is InChI=1S/C13H14N2O2/c1-14-5-3-10-11-4-6-15(2)8-13(11)17-9-16-12(10)7-14/h3-8H,9H2,1-2H3/q+2. The summed E-state index contributed by atoms with van der Waals surface area (Å²) in [6, 6.07) is 4.09. The van der Waals surface area contributed by atoms with E-state index in [0.717, 1.165) is 22.6 Å². The summed E-state index contributed by atoms with van der Waals surface area (Å²) in [6.45, 7) is 0.244. The fraction of sp³-hybridized carbons (Fsp3) is 0.231. The molecule has 0 saturated carbocycles. The SMILES string of the molecule is C[n+]1ccc2c(c1)OCOc1c[n+](C)ccc1-2. The molecule has 0 bridgehead atoms. The van der Waals surface area contributed by atoms with E-state index in [9.17, 15) is 0 Å². The number of nitrogens with zero attached hydrogens (tertiary/aromatic N) is 2. The molecule has 1 aliphatic heterocycles. The lowest BCUT2D eigenvalue weighted by molar-refractivity contribution is -0.671. The van der Waals surface area contributed by atoms with E-state index in [2.05, 4.69) is 0 Å². The van der Waals surface area contributed by atoms with Crippen molar-refractivity contribution in [1.29, 1.82) is 0 Å². The van der Waals surface area contributed by atoms with Crippen LogP contribution in [0.2, 0.25) is 0 Å². The highest BCUT2D eigenvalue weighted by Crippen LogP contribution is 2.36. The van der Waals surface area contributed by atoms with Gasteiger partial charge in [-0.25, -0.2) is 9.13 Å². The maximum absolute atomic E-state index is 5.60. The maximum atomic E-state index is 5.60. The van der Waals surface area contributed by atoms with E-state index < -0.39 is 0 Å². The quantitative estimate of drug-likeness (QED) is 0.624. The number of rotatable bonds is 0. The van der Waals surface area contributed by atoms with Gasteiger partial charge in [-0.05, 0) is 0 Å². The van der Waals surface area contributed by atoms with Crippen molar-refractivity contribution in [2.75, 3.05) is 6.79 Å². The summed E-state index contributed by atoms with van der Waals surface area (Å²) in [5.74, 6) is 1.70. The molecule has 4 heteroatoms. The van der Waals surface area contributed by atoms with Gasteiger partial charge in [0.05, 0.1) is 0 Å². The minimum Gasteiger partial charge on any atom is -0.451 e. The summed E-state index contributed by atoms with van der Waals surface area (Å²) in [7, 11) is 3.95. The fourth-order valence-corrected chi connectivity index (χ4v) is 1.98. The van der Waals surface area contributed by atoms with Crippen LogP contribution in [0.4, 0.5) is 0 Å². The monoisotopic (exact) mass is 230 g/mol. The van der Waals surface area contributed by atoms with Crippen LogP contribution >= 0.6 is 0 Å². The smallest absolute Gasteiger partial charge is 0.231 e. The van der Waals surface area contributed by atoms with Crippen molar-refractivity contribution in [1.82, 2.24) is 0 Å². The summed E-state index contributed by atoms with van der Waals surface area (Å²) in [5.41, 5.74) is 2.13.